The number of rotatable bonds is 4. The van der Waals surface area contributed by atoms with E-state index in [2.05, 4.69) is 15.0 Å². The van der Waals surface area contributed by atoms with Crippen molar-refractivity contribution in [2.75, 3.05) is 13.1 Å². The van der Waals surface area contributed by atoms with E-state index < -0.39 is 11.7 Å². The highest BCUT2D eigenvalue weighted by molar-refractivity contribution is 6.45. The number of nitrogens with zero attached hydrogens (tertiary/aromatic N) is 3. The predicted octanol–water partition coefficient (Wildman–Crippen LogP) is 3.14. The number of fused-ring (bicyclic) bond motifs is 1. The highest BCUT2D eigenvalue weighted by Gasteiger charge is 2.31. The van der Waals surface area contributed by atoms with Crippen LogP contribution >= 0.6 is 0 Å². The largest absolute Gasteiger partial charge is 0.472 e. The number of aryl methyl sites for hydroxylation is 3. The van der Waals surface area contributed by atoms with Crippen molar-refractivity contribution in [3.05, 3.63) is 53.1 Å². The Hall–Kier alpha value is -3.22. The van der Waals surface area contributed by atoms with Crippen molar-refractivity contribution in [2.24, 2.45) is 0 Å². The summed E-state index contributed by atoms with van der Waals surface area (Å²) in [5.74, 6) is 0.192. The minimum Gasteiger partial charge on any atom is -0.472 e. The molecule has 4 rings (SSSR count). The van der Waals surface area contributed by atoms with Crippen LogP contribution in [0.2, 0.25) is 0 Å². The maximum Gasteiger partial charge on any atom is 0.295 e. The second-order valence-corrected chi connectivity index (χ2v) is 7.53. The first kappa shape index (κ1) is 19.1. The van der Waals surface area contributed by atoms with Gasteiger partial charge in [0, 0.05) is 34.9 Å². The Morgan fingerprint density at radius 2 is 1.97 bits per heavy atom. The van der Waals surface area contributed by atoms with E-state index >= 15 is 0 Å². The summed E-state index contributed by atoms with van der Waals surface area (Å²) in [6.07, 6.45) is 1.39. The van der Waals surface area contributed by atoms with E-state index in [1.54, 1.807) is 11.0 Å². The first-order valence-electron chi connectivity index (χ1n) is 9.82. The Morgan fingerprint density at radius 3 is 2.76 bits per heavy atom. The molecular weight excluding hydrogens is 368 g/mol. The van der Waals surface area contributed by atoms with Gasteiger partial charge in [-0.15, -0.1) is 0 Å². The van der Waals surface area contributed by atoms with E-state index in [1.165, 1.54) is 0 Å². The molecule has 1 saturated heterocycles. The van der Waals surface area contributed by atoms with E-state index in [-0.39, 0.29) is 6.10 Å². The average Bonchev–Trinajstić information content (AvgIpc) is 3.02. The number of para-hydroxylation sites is 1. The van der Waals surface area contributed by atoms with Gasteiger partial charge in [0.2, 0.25) is 5.88 Å². The summed E-state index contributed by atoms with van der Waals surface area (Å²) >= 11 is 0. The lowest BCUT2D eigenvalue weighted by atomic mass is 10.0. The molecule has 1 N–H and O–H groups in total. The van der Waals surface area contributed by atoms with Crippen LogP contribution in [0.5, 0.6) is 5.88 Å². The summed E-state index contributed by atoms with van der Waals surface area (Å²) in [7, 11) is 0. The lowest BCUT2D eigenvalue weighted by Gasteiger charge is -2.32. The molecule has 1 amide bonds. The third-order valence-electron chi connectivity index (χ3n) is 5.21. The van der Waals surface area contributed by atoms with Crippen LogP contribution in [0.25, 0.3) is 10.9 Å². The van der Waals surface area contributed by atoms with Crippen molar-refractivity contribution in [2.45, 2.75) is 39.7 Å². The van der Waals surface area contributed by atoms with Crippen molar-refractivity contribution < 1.29 is 14.3 Å². The number of likely N-dealkylation sites (tertiary alicyclic amines) is 1. The number of ketones is 1. The Morgan fingerprint density at radius 1 is 1.17 bits per heavy atom. The number of hydrogen-bond donors (Lipinski definition) is 1. The van der Waals surface area contributed by atoms with E-state index in [1.807, 2.05) is 45.0 Å². The number of carbonyl (C=O) groups excluding carboxylic acids is 2. The highest BCUT2D eigenvalue weighted by atomic mass is 16.5. The van der Waals surface area contributed by atoms with Crippen LogP contribution in [-0.4, -0.2) is 50.7 Å². The van der Waals surface area contributed by atoms with Crippen LogP contribution in [0, 0.1) is 20.8 Å². The number of nitrogens with one attached hydrogen (secondary N) is 1. The third kappa shape index (κ3) is 3.85. The molecule has 1 aromatic carbocycles. The van der Waals surface area contributed by atoms with Crippen LogP contribution in [0.15, 0.2) is 30.3 Å². The summed E-state index contributed by atoms with van der Waals surface area (Å²) in [4.78, 5) is 39.3. The molecule has 1 aliphatic heterocycles. The monoisotopic (exact) mass is 392 g/mol. The molecule has 0 aliphatic carbocycles. The predicted molar refractivity (Wildman–Crippen MR) is 109 cm³/mol. The topological polar surface area (TPSA) is 88.2 Å². The quantitative estimate of drug-likeness (QED) is 0.544. The first-order valence-corrected chi connectivity index (χ1v) is 9.82. The fourth-order valence-electron chi connectivity index (χ4n) is 3.95. The molecule has 1 aliphatic rings. The normalized spacial score (nSPS) is 16.8. The molecule has 1 atom stereocenters. The van der Waals surface area contributed by atoms with E-state index in [9.17, 15) is 9.59 Å². The maximum atomic E-state index is 13.0. The minimum absolute atomic E-state index is 0.196. The molecule has 0 spiro atoms. The van der Waals surface area contributed by atoms with E-state index in [0.717, 1.165) is 29.4 Å². The molecule has 150 valence electrons. The Labute approximate surface area is 169 Å². The van der Waals surface area contributed by atoms with E-state index in [4.69, 9.17) is 4.74 Å². The fourth-order valence-corrected chi connectivity index (χ4v) is 3.95. The summed E-state index contributed by atoms with van der Waals surface area (Å²) in [6.45, 7) is 6.45. The lowest BCUT2D eigenvalue weighted by Crippen LogP contribution is -2.47. The number of ether oxygens (including phenoxy) is 1. The van der Waals surface area contributed by atoms with Crippen molar-refractivity contribution in [1.29, 1.82) is 0 Å². The zero-order valence-electron chi connectivity index (χ0n) is 16.9. The summed E-state index contributed by atoms with van der Waals surface area (Å²) in [5.41, 5.74) is 2.86. The Balaban J connectivity index is 1.51. The van der Waals surface area contributed by atoms with Gasteiger partial charge in [-0.3, -0.25) is 9.59 Å². The standard InChI is InChI=1S/C22H24N4O3/c1-13-11-19(25-15(3)23-13)29-16-7-6-10-26(12-16)22(28)21(27)20-14(2)24-18-9-5-4-8-17(18)20/h4-5,8-9,11,16,24H,6-7,10,12H2,1-3H3. The number of Topliss-reactive ketones (excluding diaryl/α,β-unsaturated/α-hetero) is 1. The van der Waals surface area contributed by atoms with Gasteiger partial charge in [-0.05, 0) is 39.7 Å². The highest BCUT2D eigenvalue weighted by Crippen LogP contribution is 2.24. The molecule has 3 heterocycles. The van der Waals surface area contributed by atoms with Gasteiger partial charge in [0.05, 0.1) is 12.1 Å². The Bertz CT molecular complexity index is 1070. The number of piperidine rings is 1. The van der Waals surface area contributed by atoms with Gasteiger partial charge in [0.25, 0.3) is 11.7 Å². The van der Waals surface area contributed by atoms with Crippen LogP contribution in [-0.2, 0) is 4.79 Å². The van der Waals surface area contributed by atoms with Gasteiger partial charge in [-0.1, -0.05) is 18.2 Å². The number of H-pyrrole nitrogens is 1. The van der Waals surface area contributed by atoms with Crippen molar-refractivity contribution in [3.63, 3.8) is 0 Å². The van der Waals surface area contributed by atoms with Crippen LogP contribution in [0.4, 0.5) is 0 Å². The van der Waals surface area contributed by atoms with Gasteiger partial charge in [0.15, 0.2) is 0 Å². The molecule has 3 aromatic rings. The van der Waals surface area contributed by atoms with Crippen molar-refractivity contribution in [3.8, 4) is 5.88 Å². The molecule has 29 heavy (non-hydrogen) atoms. The molecule has 0 radical (unpaired) electrons. The van der Waals surface area contributed by atoms with Crippen molar-refractivity contribution in [1.82, 2.24) is 19.9 Å². The minimum atomic E-state index is -0.485. The number of aromatic nitrogens is 3. The Kier molecular flexibility index (Phi) is 5.05. The van der Waals surface area contributed by atoms with Crippen LogP contribution < -0.4 is 4.74 Å². The molecular formula is C22H24N4O3. The zero-order valence-corrected chi connectivity index (χ0v) is 16.9. The molecule has 7 nitrogen and oxygen atoms in total. The second kappa shape index (κ2) is 7.66. The molecule has 0 saturated carbocycles. The smallest absolute Gasteiger partial charge is 0.295 e. The number of benzene rings is 1. The summed E-state index contributed by atoms with van der Waals surface area (Å²) in [6, 6.07) is 9.32. The van der Waals surface area contributed by atoms with E-state index in [0.29, 0.717) is 36.1 Å². The van der Waals surface area contributed by atoms with Crippen LogP contribution in [0.3, 0.4) is 0 Å². The molecule has 2 aromatic heterocycles. The molecule has 1 unspecified atom stereocenters. The number of carbonyl (C=O) groups is 2. The van der Waals surface area contributed by atoms with Gasteiger partial charge in [-0.2, -0.15) is 4.98 Å². The number of aromatic amines is 1. The molecule has 7 heteroatoms. The summed E-state index contributed by atoms with van der Waals surface area (Å²) in [5, 5.41) is 0.778. The lowest BCUT2D eigenvalue weighted by molar-refractivity contribution is -0.129. The van der Waals surface area contributed by atoms with Gasteiger partial charge >= 0.3 is 0 Å². The SMILES string of the molecule is Cc1cc(OC2CCCN(C(=O)C(=O)c3c(C)[nH]c4ccccc34)C2)nc(C)n1. The average molecular weight is 392 g/mol. The van der Waals surface area contributed by atoms with Gasteiger partial charge in [-0.25, -0.2) is 4.98 Å². The van der Waals surface area contributed by atoms with Gasteiger partial charge in [0.1, 0.15) is 11.9 Å². The zero-order chi connectivity index (χ0) is 20.5. The second-order valence-electron chi connectivity index (χ2n) is 7.53. The summed E-state index contributed by atoms with van der Waals surface area (Å²) < 4.78 is 6.00. The third-order valence-corrected chi connectivity index (χ3v) is 5.21. The van der Waals surface area contributed by atoms with Crippen molar-refractivity contribution >= 4 is 22.6 Å². The first-order chi connectivity index (χ1) is 13.9. The van der Waals surface area contributed by atoms with Crippen LogP contribution in [0.1, 0.15) is 40.4 Å². The fraction of sp³-hybridized carbons (Fsp3) is 0.364. The molecule has 1 fully saturated rings. The number of hydrogen-bond acceptors (Lipinski definition) is 5. The van der Waals surface area contributed by atoms with Gasteiger partial charge < -0.3 is 14.6 Å². The molecule has 0 bridgehead atoms. The maximum absolute atomic E-state index is 13.0. The number of amides is 1.